The summed E-state index contributed by atoms with van der Waals surface area (Å²) in [6.07, 6.45) is 8.20. The molecule has 0 bridgehead atoms. The van der Waals surface area contributed by atoms with Gasteiger partial charge in [0.2, 0.25) is 0 Å². The molecule has 3 rings (SSSR count). The molecule has 1 aliphatic carbocycles. The van der Waals surface area contributed by atoms with Gasteiger partial charge >= 0.3 is 5.97 Å². The van der Waals surface area contributed by atoms with E-state index in [1.165, 1.54) is 25.7 Å². The van der Waals surface area contributed by atoms with E-state index in [9.17, 15) is 4.79 Å². The largest absolute Gasteiger partial charge is 0.493 e. The summed E-state index contributed by atoms with van der Waals surface area (Å²) in [5.74, 6) is 2.82. The number of rotatable bonds is 11. The minimum Gasteiger partial charge on any atom is -0.493 e. The summed E-state index contributed by atoms with van der Waals surface area (Å²) >= 11 is 0. The molecule has 30 heavy (non-hydrogen) atoms. The van der Waals surface area contributed by atoms with Crippen LogP contribution >= 0.6 is 0 Å². The van der Waals surface area contributed by atoms with Crippen LogP contribution in [0.25, 0.3) is 11.1 Å². The molecule has 3 heteroatoms. The predicted octanol–water partition coefficient (Wildman–Crippen LogP) is 7.29. The van der Waals surface area contributed by atoms with Crippen LogP contribution in [0, 0.1) is 17.8 Å². The van der Waals surface area contributed by atoms with Gasteiger partial charge in [-0.3, -0.25) is 4.79 Å². The van der Waals surface area contributed by atoms with E-state index in [-0.39, 0.29) is 11.9 Å². The number of ether oxygens (including phenoxy) is 2. The van der Waals surface area contributed by atoms with Crippen molar-refractivity contribution in [3.8, 4) is 22.6 Å². The van der Waals surface area contributed by atoms with E-state index >= 15 is 0 Å². The number of hydrogen-bond donors (Lipinski definition) is 0. The van der Waals surface area contributed by atoms with E-state index in [1.54, 1.807) is 0 Å². The highest BCUT2D eigenvalue weighted by atomic mass is 16.5. The minimum absolute atomic E-state index is 0.0719. The van der Waals surface area contributed by atoms with Gasteiger partial charge in [0.05, 0.1) is 12.5 Å². The monoisotopic (exact) mass is 408 g/mol. The maximum atomic E-state index is 12.4. The Morgan fingerprint density at radius 2 is 1.53 bits per heavy atom. The van der Waals surface area contributed by atoms with Crippen LogP contribution in [0.2, 0.25) is 0 Å². The summed E-state index contributed by atoms with van der Waals surface area (Å²) in [6.45, 7) is 7.34. The first-order valence-electron chi connectivity index (χ1n) is 11.6. The molecule has 0 aromatic heterocycles. The zero-order valence-electron chi connectivity index (χ0n) is 18.7. The van der Waals surface area contributed by atoms with E-state index in [1.807, 2.05) is 36.4 Å². The van der Waals surface area contributed by atoms with Crippen molar-refractivity contribution in [2.45, 2.75) is 65.7 Å². The molecule has 0 unspecified atom stereocenters. The molecule has 0 saturated heterocycles. The smallest absolute Gasteiger partial charge is 0.314 e. The van der Waals surface area contributed by atoms with Crippen LogP contribution in [0.15, 0.2) is 48.5 Å². The average Bonchev–Trinajstić information content (AvgIpc) is 2.74. The summed E-state index contributed by atoms with van der Waals surface area (Å²) in [4.78, 5) is 12.4. The number of benzene rings is 2. The quantitative estimate of drug-likeness (QED) is 0.222. The first kappa shape index (κ1) is 22.4. The van der Waals surface area contributed by atoms with Crippen LogP contribution in [0.3, 0.4) is 0 Å². The Morgan fingerprint density at radius 3 is 2.10 bits per heavy atom. The molecule has 0 N–H and O–H groups in total. The third-order valence-corrected chi connectivity index (χ3v) is 6.28. The van der Waals surface area contributed by atoms with Gasteiger partial charge in [-0.2, -0.15) is 0 Å². The highest BCUT2D eigenvalue weighted by Gasteiger charge is 2.35. The molecule has 0 radical (unpaired) electrons. The molecule has 1 saturated carbocycles. The Morgan fingerprint density at radius 1 is 0.933 bits per heavy atom. The van der Waals surface area contributed by atoms with Gasteiger partial charge in [0.15, 0.2) is 0 Å². The molecule has 2 aromatic rings. The zero-order valence-corrected chi connectivity index (χ0v) is 18.7. The topological polar surface area (TPSA) is 35.5 Å². The van der Waals surface area contributed by atoms with Crippen molar-refractivity contribution in [2.75, 3.05) is 6.61 Å². The average molecular weight is 409 g/mol. The Kier molecular flexibility index (Phi) is 8.36. The second-order valence-electron chi connectivity index (χ2n) is 8.82. The van der Waals surface area contributed by atoms with E-state index in [0.717, 1.165) is 42.7 Å². The lowest BCUT2D eigenvalue weighted by atomic mass is 9.72. The Labute approximate surface area is 181 Å². The van der Waals surface area contributed by atoms with Gasteiger partial charge in [0.1, 0.15) is 11.5 Å². The van der Waals surface area contributed by atoms with Crippen LogP contribution in [-0.2, 0) is 4.79 Å². The van der Waals surface area contributed by atoms with Gasteiger partial charge in [-0.05, 0) is 60.1 Å². The molecule has 0 spiro atoms. The summed E-state index contributed by atoms with van der Waals surface area (Å²) in [7, 11) is 0. The van der Waals surface area contributed by atoms with Crippen molar-refractivity contribution in [1.82, 2.24) is 0 Å². The first-order valence-corrected chi connectivity index (χ1v) is 11.6. The Hall–Kier alpha value is -2.29. The molecule has 3 nitrogen and oxygen atoms in total. The molecule has 162 valence electrons. The molecule has 1 aliphatic rings. The highest BCUT2D eigenvalue weighted by Crippen LogP contribution is 2.38. The van der Waals surface area contributed by atoms with E-state index in [2.05, 4.69) is 32.9 Å². The molecule has 2 aromatic carbocycles. The van der Waals surface area contributed by atoms with Gasteiger partial charge in [-0.1, -0.05) is 77.1 Å². The molecular weight excluding hydrogens is 372 g/mol. The third kappa shape index (κ3) is 6.35. The normalized spacial score (nSPS) is 19.0. The van der Waals surface area contributed by atoms with Gasteiger partial charge in [-0.25, -0.2) is 0 Å². The number of esters is 1. The summed E-state index contributed by atoms with van der Waals surface area (Å²) in [5.41, 5.74) is 2.22. The number of unbranched alkanes of at least 4 members (excludes halogenated alkanes) is 2. The summed E-state index contributed by atoms with van der Waals surface area (Å²) < 4.78 is 11.4. The maximum absolute atomic E-state index is 12.4. The van der Waals surface area contributed by atoms with Crippen molar-refractivity contribution in [2.24, 2.45) is 17.8 Å². The minimum atomic E-state index is -0.0719. The molecule has 0 amide bonds. The molecule has 1 fully saturated rings. The van der Waals surface area contributed by atoms with Crippen LogP contribution in [-0.4, -0.2) is 12.6 Å². The van der Waals surface area contributed by atoms with Crippen molar-refractivity contribution in [3.63, 3.8) is 0 Å². The number of carbonyl (C=O) groups is 1. The summed E-state index contributed by atoms with van der Waals surface area (Å²) in [6, 6.07) is 16.0. The van der Waals surface area contributed by atoms with Crippen LogP contribution in [0.1, 0.15) is 65.7 Å². The number of hydrogen-bond acceptors (Lipinski definition) is 3. The second kappa shape index (κ2) is 11.2. The molecule has 0 aliphatic heterocycles. The van der Waals surface area contributed by atoms with Gasteiger partial charge in [-0.15, -0.1) is 0 Å². The fourth-order valence-corrected chi connectivity index (χ4v) is 3.86. The SMILES string of the molecule is CCCCCC1CC(C(=O)Oc2ccc(-c3ccc(OC[C@@H](C)CC)cc3)cc2)C1. The van der Waals surface area contributed by atoms with Crippen LogP contribution < -0.4 is 9.47 Å². The van der Waals surface area contributed by atoms with E-state index in [4.69, 9.17) is 9.47 Å². The van der Waals surface area contributed by atoms with Crippen molar-refractivity contribution < 1.29 is 14.3 Å². The lowest BCUT2D eigenvalue weighted by Crippen LogP contribution is -2.33. The highest BCUT2D eigenvalue weighted by molar-refractivity contribution is 5.76. The maximum Gasteiger partial charge on any atom is 0.314 e. The predicted molar refractivity (Wildman–Crippen MR) is 123 cm³/mol. The van der Waals surface area contributed by atoms with Crippen molar-refractivity contribution >= 4 is 5.97 Å². The van der Waals surface area contributed by atoms with E-state index in [0.29, 0.717) is 17.6 Å². The molecule has 0 heterocycles. The lowest BCUT2D eigenvalue weighted by molar-refractivity contribution is -0.143. The Balaban J connectivity index is 1.46. The van der Waals surface area contributed by atoms with Crippen molar-refractivity contribution in [1.29, 1.82) is 0 Å². The van der Waals surface area contributed by atoms with E-state index < -0.39 is 0 Å². The van der Waals surface area contributed by atoms with Crippen LogP contribution in [0.4, 0.5) is 0 Å². The number of carbonyl (C=O) groups excluding carboxylic acids is 1. The molecule has 1 atom stereocenters. The molecular formula is C27H36O3. The van der Waals surface area contributed by atoms with Crippen LogP contribution in [0.5, 0.6) is 11.5 Å². The lowest BCUT2D eigenvalue weighted by Gasteiger charge is -2.33. The standard InChI is InChI=1S/C27H36O3/c1-4-6-7-8-21-17-24(18-21)27(28)30-26-15-11-23(12-16-26)22-9-13-25(14-10-22)29-19-20(3)5-2/h9-16,20-21,24H,4-8,17-19H2,1-3H3/t20-,21?,24?/m0/s1. The third-order valence-electron chi connectivity index (χ3n) is 6.28. The van der Waals surface area contributed by atoms with Crippen molar-refractivity contribution in [3.05, 3.63) is 48.5 Å². The van der Waals surface area contributed by atoms with Gasteiger partial charge in [0, 0.05) is 0 Å². The second-order valence-corrected chi connectivity index (χ2v) is 8.82. The first-order chi connectivity index (χ1) is 14.6. The summed E-state index contributed by atoms with van der Waals surface area (Å²) in [5, 5.41) is 0. The fourth-order valence-electron chi connectivity index (χ4n) is 3.86. The Bertz CT molecular complexity index is 773. The zero-order chi connectivity index (χ0) is 21.3. The van der Waals surface area contributed by atoms with Gasteiger partial charge in [0.25, 0.3) is 0 Å². The van der Waals surface area contributed by atoms with Gasteiger partial charge < -0.3 is 9.47 Å². The fraction of sp³-hybridized carbons (Fsp3) is 0.519.